The molecule has 3 heteroatoms. The highest BCUT2D eigenvalue weighted by atomic mass is 32.1. The number of aryl methyl sites for hydroxylation is 1. The molecule has 2 unspecified atom stereocenters. The minimum Gasteiger partial charge on any atom is -0.373 e. The summed E-state index contributed by atoms with van der Waals surface area (Å²) in [5, 5.41) is 5.57. The predicted molar refractivity (Wildman–Crippen MR) is 64.4 cm³/mol. The zero-order valence-electron chi connectivity index (χ0n) is 9.67. The van der Waals surface area contributed by atoms with E-state index in [9.17, 15) is 0 Å². The quantitative estimate of drug-likeness (QED) is 0.854. The van der Waals surface area contributed by atoms with Crippen LogP contribution in [0.2, 0.25) is 0 Å². The Morgan fingerprint density at radius 3 is 2.87 bits per heavy atom. The number of thiophene rings is 1. The minimum atomic E-state index is -0.0272. The SMILES string of the molecule is CNC(c1ccsc1C)C1(C)CCCO1. The lowest BCUT2D eigenvalue weighted by Crippen LogP contribution is -2.39. The molecule has 0 spiro atoms. The smallest absolute Gasteiger partial charge is 0.0849 e. The zero-order valence-corrected chi connectivity index (χ0v) is 10.5. The van der Waals surface area contributed by atoms with Gasteiger partial charge in [0, 0.05) is 11.5 Å². The van der Waals surface area contributed by atoms with Gasteiger partial charge in [-0.25, -0.2) is 0 Å². The van der Waals surface area contributed by atoms with Gasteiger partial charge in [-0.05, 0) is 50.7 Å². The van der Waals surface area contributed by atoms with Gasteiger partial charge in [0.25, 0.3) is 0 Å². The third-order valence-corrected chi connectivity index (χ3v) is 4.22. The topological polar surface area (TPSA) is 21.3 Å². The van der Waals surface area contributed by atoms with Gasteiger partial charge < -0.3 is 10.1 Å². The summed E-state index contributed by atoms with van der Waals surface area (Å²) in [5.41, 5.74) is 1.37. The second kappa shape index (κ2) is 4.24. The molecule has 2 heterocycles. The Kier molecular flexibility index (Phi) is 3.14. The zero-order chi connectivity index (χ0) is 10.9. The molecule has 2 rings (SSSR count). The van der Waals surface area contributed by atoms with E-state index in [4.69, 9.17) is 4.74 Å². The lowest BCUT2D eigenvalue weighted by molar-refractivity contribution is -0.0105. The fourth-order valence-electron chi connectivity index (χ4n) is 2.51. The van der Waals surface area contributed by atoms with Crippen LogP contribution in [0.5, 0.6) is 0 Å². The Bertz CT molecular complexity index is 328. The lowest BCUT2D eigenvalue weighted by Gasteiger charge is -2.33. The molecule has 0 radical (unpaired) electrons. The number of hydrogen-bond donors (Lipinski definition) is 1. The van der Waals surface area contributed by atoms with Gasteiger partial charge in [0.1, 0.15) is 0 Å². The molecule has 1 aliphatic heterocycles. The van der Waals surface area contributed by atoms with Crippen LogP contribution >= 0.6 is 11.3 Å². The molecule has 0 aromatic carbocycles. The average Bonchev–Trinajstić information content (AvgIpc) is 2.79. The Morgan fingerprint density at radius 2 is 2.40 bits per heavy atom. The number of ether oxygens (including phenoxy) is 1. The Hall–Kier alpha value is -0.380. The molecule has 0 saturated carbocycles. The molecule has 2 atom stereocenters. The van der Waals surface area contributed by atoms with Crippen LogP contribution in [-0.2, 0) is 4.74 Å². The summed E-state index contributed by atoms with van der Waals surface area (Å²) in [7, 11) is 2.02. The summed E-state index contributed by atoms with van der Waals surface area (Å²) < 4.78 is 5.91. The van der Waals surface area contributed by atoms with Crippen molar-refractivity contribution in [1.82, 2.24) is 5.32 Å². The normalized spacial score (nSPS) is 28.2. The number of rotatable bonds is 3. The fraction of sp³-hybridized carbons (Fsp3) is 0.667. The van der Waals surface area contributed by atoms with Crippen molar-refractivity contribution in [3.8, 4) is 0 Å². The number of nitrogens with one attached hydrogen (secondary N) is 1. The maximum Gasteiger partial charge on any atom is 0.0849 e. The van der Waals surface area contributed by atoms with E-state index in [0.29, 0.717) is 6.04 Å². The summed E-state index contributed by atoms with van der Waals surface area (Å²) in [4.78, 5) is 1.39. The fourth-order valence-corrected chi connectivity index (χ4v) is 3.25. The van der Waals surface area contributed by atoms with Crippen LogP contribution in [0.25, 0.3) is 0 Å². The summed E-state index contributed by atoms with van der Waals surface area (Å²) in [6.07, 6.45) is 2.33. The van der Waals surface area contributed by atoms with E-state index < -0.39 is 0 Å². The lowest BCUT2D eigenvalue weighted by atomic mass is 9.88. The third-order valence-electron chi connectivity index (χ3n) is 3.36. The summed E-state index contributed by atoms with van der Waals surface area (Å²) in [5.74, 6) is 0. The van der Waals surface area contributed by atoms with Crippen LogP contribution in [0.15, 0.2) is 11.4 Å². The summed E-state index contributed by atoms with van der Waals surface area (Å²) in [6, 6.07) is 2.54. The highest BCUT2D eigenvalue weighted by molar-refractivity contribution is 7.10. The first-order valence-electron chi connectivity index (χ1n) is 5.52. The predicted octanol–water partition coefficient (Wildman–Crippen LogP) is 2.89. The van der Waals surface area contributed by atoms with Crippen LogP contribution in [-0.4, -0.2) is 19.3 Å². The second-order valence-corrected chi connectivity index (χ2v) is 5.54. The van der Waals surface area contributed by atoms with Gasteiger partial charge in [-0.15, -0.1) is 11.3 Å². The van der Waals surface area contributed by atoms with Gasteiger partial charge in [-0.1, -0.05) is 0 Å². The largest absolute Gasteiger partial charge is 0.373 e. The molecule has 1 aromatic heterocycles. The second-order valence-electron chi connectivity index (χ2n) is 4.42. The molecule has 84 valence electrons. The van der Waals surface area contributed by atoms with Crippen molar-refractivity contribution < 1.29 is 4.74 Å². The van der Waals surface area contributed by atoms with Crippen LogP contribution < -0.4 is 5.32 Å². The summed E-state index contributed by atoms with van der Waals surface area (Å²) in [6.45, 7) is 5.30. The maximum absolute atomic E-state index is 5.91. The van der Waals surface area contributed by atoms with Gasteiger partial charge in [-0.2, -0.15) is 0 Å². The van der Waals surface area contributed by atoms with Crippen molar-refractivity contribution in [2.24, 2.45) is 0 Å². The van der Waals surface area contributed by atoms with E-state index in [2.05, 4.69) is 30.6 Å². The Morgan fingerprint density at radius 1 is 1.60 bits per heavy atom. The molecule has 2 nitrogen and oxygen atoms in total. The third kappa shape index (κ3) is 1.96. The molecule has 0 amide bonds. The van der Waals surface area contributed by atoms with Gasteiger partial charge in [-0.3, -0.25) is 0 Å². The van der Waals surface area contributed by atoms with E-state index in [-0.39, 0.29) is 5.60 Å². The standard InChI is InChI=1S/C12H19NOS/c1-9-10(5-8-15-9)11(13-3)12(2)6-4-7-14-12/h5,8,11,13H,4,6-7H2,1-3H3. The molecular weight excluding hydrogens is 206 g/mol. The van der Waals surface area contributed by atoms with Crippen LogP contribution in [0.1, 0.15) is 36.2 Å². The van der Waals surface area contributed by atoms with Crippen molar-refractivity contribution in [3.63, 3.8) is 0 Å². The van der Waals surface area contributed by atoms with Crippen molar-refractivity contribution in [2.45, 2.75) is 38.3 Å². The van der Waals surface area contributed by atoms with Crippen molar-refractivity contribution in [3.05, 3.63) is 21.9 Å². The first-order chi connectivity index (χ1) is 7.17. The molecule has 0 bridgehead atoms. The molecular formula is C12H19NOS. The molecule has 0 aliphatic carbocycles. The van der Waals surface area contributed by atoms with E-state index in [1.54, 1.807) is 0 Å². The van der Waals surface area contributed by atoms with Crippen LogP contribution in [0.4, 0.5) is 0 Å². The highest BCUT2D eigenvalue weighted by Gasteiger charge is 2.39. The highest BCUT2D eigenvalue weighted by Crippen LogP contribution is 2.39. The van der Waals surface area contributed by atoms with Crippen molar-refractivity contribution in [1.29, 1.82) is 0 Å². The van der Waals surface area contributed by atoms with Gasteiger partial charge in [0.2, 0.25) is 0 Å². The molecule has 15 heavy (non-hydrogen) atoms. The van der Waals surface area contributed by atoms with Gasteiger partial charge in [0.05, 0.1) is 11.6 Å². The first-order valence-corrected chi connectivity index (χ1v) is 6.40. The van der Waals surface area contributed by atoms with Crippen molar-refractivity contribution >= 4 is 11.3 Å². The molecule has 1 saturated heterocycles. The summed E-state index contributed by atoms with van der Waals surface area (Å²) >= 11 is 1.81. The molecule has 1 N–H and O–H groups in total. The molecule has 1 aromatic rings. The monoisotopic (exact) mass is 225 g/mol. The minimum absolute atomic E-state index is 0.0272. The van der Waals surface area contributed by atoms with Crippen molar-refractivity contribution in [2.75, 3.05) is 13.7 Å². The van der Waals surface area contributed by atoms with E-state index in [1.807, 2.05) is 18.4 Å². The van der Waals surface area contributed by atoms with Crippen LogP contribution in [0.3, 0.4) is 0 Å². The van der Waals surface area contributed by atoms with Crippen LogP contribution in [0, 0.1) is 6.92 Å². The first kappa shape index (κ1) is 11.1. The Labute approximate surface area is 95.6 Å². The van der Waals surface area contributed by atoms with Gasteiger partial charge >= 0.3 is 0 Å². The van der Waals surface area contributed by atoms with E-state index >= 15 is 0 Å². The van der Waals surface area contributed by atoms with E-state index in [1.165, 1.54) is 16.9 Å². The number of likely N-dealkylation sites (N-methyl/N-ethyl adjacent to an activating group) is 1. The van der Waals surface area contributed by atoms with E-state index in [0.717, 1.165) is 13.0 Å². The number of hydrogen-bond acceptors (Lipinski definition) is 3. The average molecular weight is 225 g/mol. The van der Waals surface area contributed by atoms with Gasteiger partial charge in [0.15, 0.2) is 0 Å². The Balaban J connectivity index is 2.27. The maximum atomic E-state index is 5.91. The molecule has 1 aliphatic rings. The molecule has 1 fully saturated rings.